The second-order valence-corrected chi connectivity index (χ2v) is 4.82. The number of hydrogen-bond donors (Lipinski definition) is 0. The number of rotatable bonds is 3. The summed E-state index contributed by atoms with van der Waals surface area (Å²) in [6.45, 7) is 0. The maximum absolute atomic E-state index is 6.03. The number of imidazole rings is 1. The molecule has 0 bridgehead atoms. The standard InChI is InChI=1S/C13H9Cl2N5O/c1-21-10-3-2-8(14)6-9(10)11-17-12(15)19-13(18-11)20-5-4-16-7-20/h2-7H,1H3. The van der Waals surface area contributed by atoms with Gasteiger partial charge in [0.1, 0.15) is 12.1 Å². The molecule has 106 valence electrons. The first-order valence-corrected chi connectivity index (χ1v) is 6.67. The summed E-state index contributed by atoms with van der Waals surface area (Å²) >= 11 is 12.0. The molecule has 0 radical (unpaired) electrons. The minimum atomic E-state index is 0.0747. The summed E-state index contributed by atoms with van der Waals surface area (Å²) in [6, 6.07) is 5.18. The van der Waals surface area contributed by atoms with Crippen LogP contribution in [0.4, 0.5) is 0 Å². The molecule has 0 aliphatic heterocycles. The topological polar surface area (TPSA) is 65.7 Å². The second kappa shape index (κ2) is 5.67. The molecular formula is C13H9Cl2N5O. The molecule has 0 aliphatic carbocycles. The van der Waals surface area contributed by atoms with Crippen LogP contribution in [0.5, 0.6) is 5.75 Å². The van der Waals surface area contributed by atoms with Crippen LogP contribution in [-0.2, 0) is 0 Å². The zero-order valence-corrected chi connectivity index (χ0v) is 12.4. The Morgan fingerprint density at radius 3 is 2.71 bits per heavy atom. The van der Waals surface area contributed by atoms with E-state index in [9.17, 15) is 0 Å². The highest BCUT2D eigenvalue weighted by molar-refractivity contribution is 6.31. The fourth-order valence-electron chi connectivity index (χ4n) is 1.81. The molecule has 2 aromatic heterocycles. The number of aromatic nitrogens is 5. The number of halogens is 2. The number of benzene rings is 1. The van der Waals surface area contributed by atoms with Crippen LogP contribution in [0.15, 0.2) is 36.9 Å². The third kappa shape index (κ3) is 2.81. The minimum Gasteiger partial charge on any atom is -0.496 e. The van der Waals surface area contributed by atoms with Gasteiger partial charge in [0.05, 0.1) is 12.7 Å². The summed E-state index contributed by atoms with van der Waals surface area (Å²) < 4.78 is 6.94. The van der Waals surface area contributed by atoms with Gasteiger partial charge < -0.3 is 4.74 Å². The largest absolute Gasteiger partial charge is 0.496 e. The van der Waals surface area contributed by atoms with Crippen molar-refractivity contribution < 1.29 is 4.74 Å². The fraction of sp³-hybridized carbons (Fsp3) is 0.0769. The van der Waals surface area contributed by atoms with E-state index < -0.39 is 0 Å². The van der Waals surface area contributed by atoms with Crippen molar-refractivity contribution in [3.8, 4) is 23.1 Å². The van der Waals surface area contributed by atoms with E-state index in [0.29, 0.717) is 28.1 Å². The van der Waals surface area contributed by atoms with Crippen molar-refractivity contribution in [1.29, 1.82) is 0 Å². The van der Waals surface area contributed by atoms with E-state index in [4.69, 9.17) is 27.9 Å². The third-order valence-electron chi connectivity index (χ3n) is 2.73. The number of ether oxygens (including phenoxy) is 1. The summed E-state index contributed by atoms with van der Waals surface area (Å²) in [6.07, 6.45) is 4.91. The Kier molecular flexibility index (Phi) is 3.72. The lowest BCUT2D eigenvalue weighted by molar-refractivity contribution is 0.416. The van der Waals surface area contributed by atoms with Gasteiger partial charge in [0.15, 0.2) is 5.82 Å². The van der Waals surface area contributed by atoms with Crippen molar-refractivity contribution >= 4 is 23.2 Å². The first kappa shape index (κ1) is 13.8. The highest BCUT2D eigenvalue weighted by Gasteiger charge is 2.13. The highest BCUT2D eigenvalue weighted by atomic mass is 35.5. The molecule has 21 heavy (non-hydrogen) atoms. The molecular weight excluding hydrogens is 313 g/mol. The van der Waals surface area contributed by atoms with E-state index in [0.717, 1.165) is 0 Å². The predicted octanol–water partition coefficient (Wildman–Crippen LogP) is 3.04. The first-order chi connectivity index (χ1) is 10.2. The lowest BCUT2D eigenvalue weighted by atomic mass is 10.2. The zero-order chi connectivity index (χ0) is 14.8. The van der Waals surface area contributed by atoms with E-state index in [1.807, 2.05) is 0 Å². The lowest BCUT2D eigenvalue weighted by Gasteiger charge is -2.09. The van der Waals surface area contributed by atoms with E-state index >= 15 is 0 Å². The van der Waals surface area contributed by atoms with Crippen LogP contribution in [0.1, 0.15) is 0 Å². The average molecular weight is 322 g/mol. The van der Waals surface area contributed by atoms with Gasteiger partial charge in [0.2, 0.25) is 11.2 Å². The Morgan fingerprint density at radius 2 is 2.00 bits per heavy atom. The SMILES string of the molecule is COc1ccc(Cl)cc1-c1nc(Cl)nc(-n2ccnc2)n1. The molecule has 0 unspecified atom stereocenters. The molecule has 0 amide bonds. The monoisotopic (exact) mass is 321 g/mol. The Bertz CT molecular complexity index is 776. The molecule has 0 N–H and O–H groups in total. The maximum Gasteiger partial charge on any atom is 0.239 e. The summed E-state index contributed by atoms with van der Waals surface area (Å²) in [4.78, 5) is 16.5. The Hall–Kier alpha value is -2.18. The van der Waals surface area contributed by atoms with Crippen molar-refractivity contribution in [2.45, 2.75) is 0 Å². The van der Waals surface area contributed by atoms with E-state index in [1.165, 1.54) is 0 Å². The van der Waals surface area contributed by atoms with Crippen molar-refractivity contribution in [3.05, 3.63) is 47.2 Å². The van der Waals surface area contributed by atoms with Crippen molar-refractivity contribution in [2.75, 3.05) is 7.11 Å². The minimum absolute atomic E-state index is 0.0747. The molecule has 0 saturated heterocycles. The fourth-order valence-corrected chi connectivity index (χ4v) is 2.14. The summed E-state index contributed by atoms with van der Waals surface area (Å²) in [5.74, 6) is 1.33. The van der Waals surface area contributed by atoms with Crippen molar-refractivity contribution in [1.82, 2.24) is 24.5 Å². The average Bonchev–Trinajstić information content (AvgIpc) is 3.01. The molecule has 0 saturated carbocycles. The molecule has 3 rings (SSSR count). The predicted molar refractivity (Wildman–Crippen MR) is 79.0 cm³/mol. The molecule has 1 aromatic carbocycles. The van der Waals surface area contributed by atoms with Gasteiger partial charge in [-0.05, 0) is 29.8 Å². The first-order valence-electron chi connectivity index (χ1n) is 5.91. The van der Waals surface area contributed by atoms with E-state index in [2.05, 4.69) is 19.9 Å². The van der Waals surface area contributed by atoms with Gasteiger partial charge in [-0.1, -0.05) is 11.6 Å². The molecule has 6 nitrogen and oxygen atoms in total. The molecule has 2 heterocycles. The van der Waals surface area contributed by atoms with Gasteiger partial charge in [-0.2, -0.15) is 15.0 Å². The van der Waals surface area contributed by atoms with Crippen LogP contribution in [0.2, 0.25) is 10.3 Å². The quantitative estimate of drug-likeness (QED) is 0.741. The van der Waals surface area contributed by atoms with Gasteiger partial charge >= 0.3 is 0 Å². The van der Waals surface area contributed by atoms with Gasteiger partial charge in [-0.25, -0.2) is 4.98 Å². The van der Waals surface area contributed by atoms with Crippen molar-refractivity contribution in [2.24, 2.45) is 0 Å². The third-order valence-corrected chi connectivity index (χ3v) is 3.14. The number of methoxy groups -OCH3 is 1. The van der Waals surface area contributed by atoms with Gasteiger partial charge in [-0.3, -0.25) is 4.57 Å². The van der Waals surface area contributed by atoms with Crippen LogP contribution in [0.3, 0.4) is 0 Å². The Labute approximate surface area is 130 Å². The zero-order valence-electron chi connectivity index (χ0n) is 10.9. The molecule has 0 spiro atoms. The van der Waals surface area contributed by atoms with Gasteiger partial charge in [-0.15, -0.1) is 0 Å². The Morgan fingerprint density at radius 1 is 1.14 bits per heavy atom. The van der Waals surface area contributed by atoms with Crippen molar-refractivity contribution in [3.63, 3.8) is 0 Å². The van der Waals surface area contributed by atoms with Crippen LogP contribution >= 0.6 is 23.2 Å². The highest BCUT2D eigenvalue weighted by Crippen LogP contribution is 2.30. The molecule has 8 heteroatoms. The lowest BCUT2D eigenvalue weighted by Crippen LogP contribution is -2.03. The smallest absolute Gasteiger partial charge is 0.239 e. The summed E-state index contributed by atoms with van der Waals surface area (Å²) in [5, 5.41) is 0.622. The van der Waals surface area contributed by atoms with Gasteiger partial charge in [0.25, 0.3) is 0 Å². The van der Waals surface area contributed by atoms with E-state index in [-0.39, 0.29) is 5.28 Å². The molecule has 0 aliphatic rings. The number of hydrogen-bond acceptors (Lipinski definition) is 5. The molecule has 0 atom stereocenters. The maximum atomic E-state index is 6.03. The molecule has 3 aromatic rings. The van der Waals surface area contributed by atoms with Crippen LogP contribution in [-0.4, -0.2) is 31.6 Å². The summed E-state index contributed by atoms with van der Waals surface area (Å²) in [5.41, 5.74) is 0.635. The van der Waals surface area contributed by atoms with Crippen LogP contribution in [0, 0.1) is 0 Å². The van der Waals surface area contributed by atoms with Crippen LogP contribution < -0.4 is 4.74 Å². The Balaban J connectivity index is 2.17. The second-order valence-electron chi connectivity index (χ2n) is 4.04. The van der Waals surface area contributed by atoms with Crippen LogP contribution in [0.25, 0.3) is 17.3 Å². The normalized spacial score (nSPS) is 10.6. The van der Waals surface area contributed by atoms with Gasteiger partial charge in [0, 0.05) is 17.4 Å². The van der Waals surface area contributed by atoms with E-state index in [1.54, 1.807) is 48.6 Å². The molecule has 0 fully saturated rings. The number of nitrogens with zero attached hydrogens (tertiary/aromatic N) is 5. The summed E-state index contributed by atoms with van der Waals surface area (Å²) in [7, 11) is 1.56.